The number of nitrogens with one attached hydrogen (secondary N) is 1. The lowest BCUT2D eigenvalue weighted by Crippen LogP contribution is -2.25. The Bertz CT molecular complexity index is 819. The van der Waals surface area contributed by atoms with Crippen LogP contribution in [0, 0.1) is 23.4 Å². The molecule has 7 heteroatoms. The standard InChI is InChI=1S/C18H18F3N3S/c19-11-7-13(16(21)14(20)8-11)12-5-2-6-15(25)17(12)24-18(22)23-9-10-3-1-4-10/h2,5-8,10,25H,1,3-4,9H2,(H3,22,23,24). The second kappa shape index (κ2) is 7.39. The van der Waals surface area contributed by atoms with Crippen molar-refractivity contribution in [1.29, 1.82) is 0 Å². The molecule has 3 rings (SSSR count). The predicted octanol–water partition coefficient (Wildman–Crippen LogP) is 4.59. The lowest BCUT2D eigenvalue weighted by molar-refractivity contribution is 0.326. The topological polar surface area (TPSA) is 50.4 Å². The Hall–Kier alpha value is -2.15. The Kier molecular flexibility index (Phi) is 5.22. The molecule has 0 saturated heterocycles. The summed E-state index contributed by atoms with van der Waals surface area (Å²) in [7, 11) is 0. The van der Waals surface area contributed by atoms with E-state index < -0.39 is 17.5 Å². The van der Waals surface area contributed by atoms with Crippen LogP contribution in [0.1, 0.15) is 19.3 Å². The molecule has 2 aromatic rings. The monoisotopic (exact) mass is 365 g/mol. The van der Waals surface area contributed by atoms with Crippen LogP contribution in [0.3, 0.4) is 0 Å². The van der Waals surface area contributed by atoms with Crippen LogP contribution >= 0.6 is 12.6 Å². The fourth-order valence-electron chi connectivity index (χ4n) is 2.72. The number of guanidine groups is 1. The molecule has 3 N–H and O–H groups in total. The van der Waals surface area contributed by atoms with Gasteiger partial charge in [0, 0.05) is 28.6 Å². The van der Waals surface area contributed by atoms with Crippen LogP contribution < -0.4 is 11.1 Å². The minimum atomic E-state index is -1.25. The van der Waals surface area contributed by atoms with Gasteiger partial charge in [0.25, 0.3) is 0 Å². The van der Waals surface area contributed by atoms with E-state index >= 15 is 0 Å². The fraction of sp³-hybridized carbons (Fsp3) is 0.278. The molecule has 0 bridgehead atoms. The Morgan fingerprint density at radius 2 is 1.96 bits per heavy atom. The van der Waals surface area contributed by atoms with Crippen molar-refractivity contribution in [3.8, 4) is 11.1 Å². The average Bonchev–Trinajstić information content (AvgIpc) is 2.51. The molecule has 132 valence electrons. The maximum atomic E-state index is 14.2. The quantitative estimate of drug-likeness (QED) is 0.321. The van der Waals surface area contributed by atoms with Gasteiger partial charge in [0.1, 0.15) is 5.82 Å². The summed E-state index contributed by atoms with van der Waals surface area (Å²) in [6.07, 6.45) is 3.49. The molecule has 0 spiro atoms. The zero-order chi connectivity index (χ0) is 18.0. The molecular weight excluding hydrogens is 347 g/mol. The van der Waals surface area contributed by atoms with E-state index in [1.165, 1.54) is 6.42 Å². The normalized spacial score (nSPS) is 15.1. The number of thiol groups is 1. The number of nitrogens with zero attached hydrogens (tertiary/aromatic N) is 1. The van der Waals surface area contributed by atoms with Crippen LogP contribution in [-0.4, -0.2) is 12.5 Å². The Morgan fingerprint density at radius 1 is 1.20 bits per heavy atom. The number of nitrogens with two attached hydrogens (primary N) is 1. The summed E-state index contributed by atoms with van der Waals surface area (Å²) in [4.78, 5) is 4.74. The van der Waals surface area contributed by atoms with Crippen molar-refractivity contribution in [2.24, 2.45) is 16.6 Å². The van der Waals surface area contributed by atoms with E-state index in [0.717, 1.165) is 18.9 Å². The molecule has 1 aliphatic rings. The fourth-order valence-corrected chi connectivity index (χ4v) is 2.98. The van der Waals surface area contributed by atoms with Crippen LogP contribution in [0.15, 0.2) is 40.2 Å². The van der Waals surface area contributed by atoms with Crippen molar-refractivity contribution in [2.75, 3.05) is 11.9 Å². The van der Waals surface area contributed by atoms with Crippen LogP contribution in [0.4, 0.5) is 18.9 Å². The maximum absolute atomic E-state index is 14.2. The summed E-state index contributed by atoms with van der Waals surface area (Å²) in [5.41, 5.74) is 6.31. The third-order valence-corrected chi connectivity index (χ3v) is 4.70. The first-order valence-electron chi connectivity index (χ1n) is 7.99. The van der Waals surface area contributed by atoms with Crippen molar-refractivity contribution >= 4 is 24.3 Å². The summed E-state index contributed by atoms with van der Waals surface area (Å²) < 4.78 is 41.3. The predicted molar refractivity (Wildman–Crippen MR) is 96.5 cm³/mol. The molecule has 0 aliphatic heterocycles. The highest BCUT2D eigenvalue weighted by Gasteiger charge is 2.19. The van der Waals surface area contributed by atoms with Gasteiger partial charge >= 0.3 is 0 Å². The van der Waals surface area contributed by atoms with Crippen LogP contribution in [0.25, 0.3) is 11.1 Å². The van der Waals surface area contributed by atoms with Gasteiger partial charge in [0.15, 0.2) is 17.6 Å². The molecule has 0 amide bonds. The number of halogens is 3. The number of aliphatic imine (C=N–C) groups is 1. The van der Waals surface area contributed by atoms with E-state index in [2.05, 4.69) is 22.9 Å². The number of benzene rings is 2. The van der Waals surface area contributed by atoms with Gasteiger partial charge < -0.3 is 11.1 Å². The SMILES string of the molecule is NC(=NCC1CCC1)Nc1c(S)cccc1-c1cc(F)cc(F)c1F. The van der Waals surface area contributed by atoms with Crippen molar-refractivity contribution in [2.45, 2.75) is 24.2 Å². The number of anilines is 1. The highest BCUT2D eigenvalue weighted by atomic mass is 32.1. The number of rotatable bonds is 4. The summed E-state index contributed by atoms with van der Waals surface area (Å²) in [6.45, 7) is 0.617. The lowest BCUT2D eigenvalue weighted by Gasteiger charge is -2.23. The second-order valence-corrected chi connectivity index (χ2v) is 6.58. The smallest absolute Gasteiger partial charge is 0.193 e. The van der Waals surface area contributed by atoms with Crippen molar-refractivity contribution in [1.82, 2.24) is 0 Å². The zero-order valence-corrected chi connectivity index (χ0v) is 14.3. The molecule has 0 heterocycles. The van der Waals surface area contributed by atoms with E-state index in [9.17, 15) is 13.2 Å². The van der Waals surface area contributed by atoms with Gasteiger partial charge in [-0.05, 0) is 30.9 Å². The van der Waals surface area contributed by atoms with Crippen LogP contribution in [-0.2, 0) is 0 Å². The Morgan fingerprint density at radius 3 is 2.64 bits per heavy atom. The highest BCUT2D eigenvalue weighted by Crippen LogP contribution is 2.35. The van der Waals surface area contributed by atoms with E-state index in [-0.39, 0.29) is 17.1 Å². The number of hydrogen-bond acceptors (Lipinski definition) is 2. The van der Waals surface area contributed by atoms with Crippen molar-refractivity contribution in [3.05, 3.63) is 47.8 Å². The van der Waals surface area contributed by atoms with E-state index in [4.69, 9.17) is 5.73 Å². The van der Waals surface area contributed by atoms with E-state index in [1.54, 1.807) is 18.2 Å². The molecular formula is C18H18F3N3S. The third-order valence-electron chi connectivity index (χ3n) is 4.32. The van der Waals surface area contributed by atoms with Gasteiger partial charge in [-0.15, -0.1) is 12.6 Å². The Labute approximate surface area is 149 Å². The van der Waals surface area contributed by atoms with Gasteiger partial charge in [0.05, 0.1) is 5.69 Å². The summed E-state index contributed by atoms with van der Waals surface area (Å²) >= 11 is 4.33. The number of para-hydroxylation sites is 1. The molecule has 0 unspecified atom stereocenters. The first-order chi connectivity index (χ1) is 12.0. The minimum absolute atomic E-state index is 0.159. The van der Waals surface area contributed by atoms with Gasteiger partial charge in [-0.3, -0.25) is 4.99 Å². The largest absolute Gasteiger partial charge is 0.370 e. The Balaban J connectivity index is 1.95. The minimum Gasteiger partial charge on any atom is -0.370 e. The summed E-state index contributed by atoms with van der Waals surface area (Å²) in [5.74, 6) is -2.55. The molecule has 1 aliphatic carbocycles. The zero-order valence-electron chi connectivity index (χ0n) is 13.4. The molecule has 0 aromatic heterocycles. The third kappa shape index (κ3) is 3.92. The molecule has 25 heavy (non-hydrogen) atoms. The molecule has 0 atom stereocenters. The molecule has 3 nitrogen and oxygen atoms in total. The average molecular weight is 365 g/mol. The van der Waals surface area contributed by atoms with Gasteiger partial charge in [-0.1, -0.05) is 18.6 Å². The van der Waals surface area contributed by atoms with Crippen molar-refractivity contribution in [3.63, 3.8) is 0 Å². The lowest BCUT2D eigenvalue weighted by atomic mass is 9.86. The van der Waals surface area contributed by atoms with Gasteiger partial charge in [-0.25, -0.2) is 13.2 Å². The van der Waals surface area contributed by atoms with E-state index in [0.29, 0.717) is 29.1 Å². The van der Waals surface area contributed by atoms with Gasteiger partial charge in [0.2, 0.25) is 0 Å². The molecule has 2 aromatic carbocycles. The first kappa shape index (κ1) is 17.7. The molecule has 0 radical (unpaired) electrons. The van der Waals surface area contributed by atoms with E-state index in [1.807, 2.05) is 0 Å². The van der Waals surface area contributed by atoms with Crippen LogP contribution in [0.2, 0.25) is 0 Å². The highest BCUT2D eigenvalue weighted by molar-refractivity contribution is 7.80. The molecule has 1 fully saturated rings. The maximum Gasteiger partial charge on any atom is 0.193 e. The second-order valence-electron chi connectivity index (χ2n) is 6.10. The molecule has 1 saturated carbocycles. The summed E-state index contributed by atoms with van der Waals surface area (Å²) in [5, 5.41) is 2.89. The van der Waals surface area contributed by atoms with Crippen molar-refractivity contribution < 1.29 is 13.2 Å². The van der Waals surface area contributed by atoms with Crippen LogP contribution in [0.5, 0.6) is 0 Å². The van der Waals surface area contributed by atoms with Gasteiger partial charge in [-0.2, -0.15) is 0 Å². The first-order valence-corrected chi connectivity index (χ1v) is 8.44. The summed E-state index contributed by atoms with van der Waals surface area (Å²) in [6, 6.07) is 6.27. The number of hydrogen-bond donors (Lipinski definition) is 3.